The van der Waals surface area contributed by atoms with Gasteiger partial charge in [0.2, 0.25) is 0 Å². The Morgan fingerprint density at radius 2 is 1.93 bits per heavy atom. The maximum absolute atomic E-state index is 12.3. The lowest BCUT2D eigenvalue weighted by Crippen LogP contribution is -2.05. The van der Waals surface area contributed by atoms with Gasteiger partial charge in [0.15, 0.2) is 0 Å². The summed E-state index contributed by atoms with van der Waals surface area (Å²) in [5, 5.41) is 3.91. The molecular formula is C10H11F3N-. The number of hydrogen-bond donors (Lipinski definition) is 0. The van der Waals surface area contributed by atoms with Gasteiger partial charge in [-0.1, -0.05) is 30.7 Å². The molecule has 0 aliphatic heterocycles. The lowest BCUT2D eigenvalue weighted by molar-refractivity contribution is -0.137. The van der Waals surface area contributed by atoms with Crippen molar-refractivity contribution in [1.29, 1.82) is 0 Å². The molecule has 0 saturated heterocycles. The van der Waals surface area contributed by atoms with Crippen molar-refractivity contribution in [2.75, 3.05) is 7.05 Å². The van der Waals surface area contributed by atoms with Crippen LogP contribution in [0, 0.1) is 0 Å². The van der Waals surface area contributed by atoms with Crippen LogP contribution in [0.4, 0.5) is 13.2 Å². The van der Waals surface area contributed by atoms with Crippen LogP contribution in [0.3, 0.4) is 0 Å². The Hall–Kier alpha value is -1.03. The molecule has 0 aliphatic rings. The minimum absolute atomic E-state index is 0.197. The summed E-state index contributed by atoms with van der Waals surface area (Å²) >= 11 is 0. The second kappa shape index (κ2) is 4.00. The summed E-state index contributed by atoms with van der Waals surface area (Å²) < 4.78 is 36.9. The molecule has 0 heterocycles. The fraction of sp³-hybridized carbons (Fsp3) is 0.400. The Labute approximate surface area is 80.9 Å². The molecule has 0 fully saturated rings. The van der Waals surface area contributed by atoms with Gasteiger partial charge in [0, 0.05) is 0 Å². The molecule has 1 atom stereocenters. The van der Waals surface area contributed by atoms with E-state index in [4.69, 9.17) is 0 Å². The Morgan fingerprint density at radius 1 is 1.29 bits per heavy atom. The zero-order valence-corrected chi connectivity index (χ0v) is 7.97. The van der Waals surface area contributed by atoms with Crippen molar-refractivity contribution in [3.05, 3.63) is 40.7 Å². The fourth-order valence-corrected chi connectivity index (χ4v) is 1.12. The van der Waals surface area contributed by atoms with Gasteiger partial charge in [-0.3, -0.25) is 0 Å². The first-order valence-corrected chi connectivity index (χ1v) is 4.21. The fourth-order valence-electron chi connectivity index (χ4n) is 1.12. The van der Waals surface area contributed by atoms with E-state index in [1.54, 1.807) is 20.0 Å². The smallest absolute Gasteiger partial charge is 0.416 e. The van der Waals surface area contributed by atoms with Gasteiger partial charge in [-0.2, -0.15) is 20.2 Å². The minimum atomic E-state index is -4.27. The van der Waals surface area contributed by atoms with Crippen molar-refractivity contribution in [3.63, 3.8) is 0 Å². The second-order valence-electron chi connectivity index (χ2n) is 3.06. The molecule has 78 valence electrons. The molecule has 0 radical (unpaired) electrons. The molecule has 0 aliphatic carbocycles. The van der Waals surface area contributed by atoms with Crippen LogP contribution in [0.2, 0.25) is 0 Å². The summed E-state index contributed by atoms with van der Waals surface area (Å²) in [7, 11) is 1.59. The van der Waals surface area contributed by atoms with Crippen molar-refractivity contribution < 1.29 is 13.2 Å². The van der Waals surface area contributed by atoms with Crippen molar-refractivity contribution in [2.45, 2.75) is 19.1 Å². The summed E-state index contributed by atoms with van der Waals surface area (Å²) in [5.41, 5.74) is -0.0344. The lowest BCUT2D eigenvalue weighted by atomic mass is 10.1. The third-order valence-corrected chi connectivity index (χ3v) is 2.08. The minimum Gasteiger partial charge on any atom is -0.659 e. The average Bonchev–Trinajstić information content (AvgIpc) is 2.15. The van der Waals surface area contributed by atoms with E-state index in [-0.39, 0.29) is 6.04 Å². The predicted molar refractivity (Wildman–Crippen MR) is 49.1 cm³/mol. The Bertz CT molecular complexity index is 306. The molecule has 0 amide bonds. The van der Waals surface area contributed by atoms with Crippen LogP contribution in [-0.2, 0) is 6.18 Å². The first kappa shape index (κ1) is 11.0. The average molecular weight is 202 g/mol. The van der Waals surface area contributed by atoms with E-state index >= 15 is 0 Å². The monoisotopic (exact) mass is 202 g/mol. The zero-order valence-electron chi connectivity index (χ0n) is 7.97. The van der Waals surface area contributed by atoms with Crippen LogP contribution in [0.15, 0.2) is 24.3 Å². The highest BCUT2D eigenvalue weighted by Gasteiger charge is 2.30. The number of nitrogens with zero attached hydrogens (tertiary/aromatic N) is 1. The molecule has 14 heavy (non-hydrogen) atoms. The normalized spacial score (nSPS) is 14.1. The van der Waals surface area contributed by atoms with Crippen molar-refractivity contribution in [3.8, 4) is 0 Å². The lowest BCUT2D eigenvalue weighted by Gasteiger charge is -2.24. The summed E-state index contributed by atoms with van der Waals surface area (Å²) in [4.78, 5) is 0. The molecule has 0 bridgehead atoms. The highest BCUT2D eigenvalue weighted by molar-refractivity contribution is 5.29. The molecule has 1 nitrogen and oxygen atoms in total. The molecule has 4 heteroatoms. The zero-order chi connectivity index (χ0) is 10.8. The van der Waals surface area contributed by atoms with Gasteiger partial charge < -0.3 is 5.32 Å². The summed E-state index contributed by atoms with van der Waals surface area (Å²) in [5.74, 6) is 0. The van der Waals surface area contributed by atoms with Crippen LogP contribution in [0.1, 0.15) is 24.1 Å². The molecule has 1 aromatic rings. The standard InChI is InChI=1S/C10H11F3N/c1-7(14-2)8-4-3-5-9(6-8)10(11,12)13/h3-7H,1-2H3/q-1. The third-order valence-electron chi connectivity index (χ3n) is 2.08. The van der Waals surface area contributed by atoms with Crippen molar-refractivity contribution in [2.24, 2.45) is 0 Å². The maximum Gasteiger partial charge on any atom is 0.416 e. The van der Waals surface area contributed by atoms with Crippen molar-refractivity contribution >= 4 is 0 Å². The van der Waals surface area contributed by atoms with Crippen LogP contribution in [-0.4, -0.2) is 7.05 Å². The van der Waals surface area contributed by atoms with E-state index in [0.29, 0.717) is 5.56 Å². The van der Waals surface area contributed by atoms with E-state index in [2.05, 4.69) is 5.32 Å². The number of alkyl halides is 3. The van der Waals surface area contributed by atoms with Gasteiger partial charge in [-0.25, -0.2) is 0 Å². The highest BCUT2D eigenvalue weighted by atomic mass is 19.4. The largest absolute Gasteiger partial charge is 0.659 e. The summed E-state index contributed by atoms with van der Waals surface area (Å²) in [6.45, 7) is 1.76. The third kappa shape index (κ3) is 2.48. The molecular weight excluding hydrogens is 191 g/mol. The summed E-state index contributed by atoms with van der Waals surface area (Å²) in [6.07, 6.45) is -4.27. The molecule has 1 aromatic carbocycles. The Balaban J connectivity index is 3.01. The molecule has 0 saturated carbocycles. The number of rotatable bonds is 2. The molecule has 0 aromatic heterocycles. The number of benzene rings is 1. The van der Waals surface area contributed by atoms with E-state index in [9.17, 15) is 13.2 Å². The van der Waals surface area contributed by atoms with E-state index < -0.39 is 11.7 Å². The van der Waals surface area contributed by atoms with Gasteiger partial charge in [-0.05, 0) is 6.07 Å². The van der Waals surface area contributed by atoms with Crippen LogP contribution in [0.5, 0.6) is 0 Å². The molecule has 0 N–H and O–H groups in total. The Kier molecular flexibility index (Phi) is 3.16. The second-order valence-corrected chi connectivity index (χ2v) is 3.06. The van der Waals surface area contributed by atoms with Crippen LogP contribution < -0.4 is 0 Å². The van der Waals surface area contributed by atoms with E-state index in [1.165, 1.54) is 6.07 Å². The number of hydrogen-bond acceptors (Lipinski definition) is 0. The quantitative estimate of drug-likeness (QED) is 0.693. The topological polar surface area (TPSA) is 14.1 Å². The molecule has 1 unspecified atom stereocenters. The van der Waals surface area contributed by atoms with Crippen LogP contribution in [0.25, 0.3) is 5.32 Å². The van der Waals surface area contributed by atoms with Crippen LogP contribution >= 0.6 is 0 Å². The predicted octanol–water partition coefficient (Wildman–Crippen LogP) is 3.77. The first-order chi connectivity index (χ1) is 6.45. The van der Waals surface area contributed by atoms with E-state index in [0.717, 1.165) is 12.1 Å². The SMILES string of the molecule is C[N-]C(C)c1cccc(C(F)(F)F)c1. The highest BCUT2D eigenvalue weighted by Crippen LogP contribution is 2.31. The van der Waals surface area contributed by atoms with E-state index in [1.807, 2.05) is 0 Å². The van der Waals surface area contributed by atoms with Gasteiger partial charge in [0.05, 0.1) is 5.56 Å². The van der Waals surface area contributed by atoms with Gasteiger partial charge in [0.25, 0.3) is 0 Å². The van der Waals surface area contributed by atoms with Gasteiger partial charge in [0.1, 0.15) is 0 Å². The first-order valence-electron chi connectivity index (χ1n) is 4.21. The number of halogens is 3. The van der Waals surface area contributed by atoms with Gasteiger partial charge in [-0.15, -0.1) is 6.04 Å². The Morgan fingerprint density at radius 3 is 2.43 bits per heavy atom. The molecule has 0 spiro atoms. The van der Waals surface area contributed by atoms with Crippen molar-refractivity contribution in [1.82, 2.24) is 0 Å². The molecule has 1 rings (SSSR count). The maximum atomic E-state index is 12.3. The summed E-state index contributed by atoms with van der Waals surface area (Å²) in [6, 6.07) is 5.05. The van der Waals surface area contributed by atoms with Gasteiger partial charge >= 0.3 is 6.18 Å².